The molecule has 0 fully saturated rings. The third-order valence-electron chi connectivity index (χ3n) is 3.61. The third-order valence-corrected chi connectivity index (χ3v) is 4.14. The Bertz CT molecular complexity index is 928. The van der Waals surface area contributed by atoms with Crippen LogP contribution < -0.4 is 0 Å². The van der Waals surface area contributed by atoms with Crippen molar-refractivity contribution in [2.75, 3.05) is 0 Å². The van der Waals surface area contributed by atoms with E-state index < -0.39 is 0 Å². The molecule has 3 nitrogen and oxygen atoms in total. The average molecular weight is 350 g/mol. The third kappa shape index (κ3) is 2.31. The van der Waals surface area contributed by atoms with E-state index in [9.17, 15) is 0 Å². The molecule has 0 aliphatic rings. The highest BCUT2D eigenvalue weighted by Crippen LogP contribution is 2.25. The average Bonchev–Trinajstić information content (AvgIpc) is 2.99. The van der Waals surface area contributed by atoms with Gasteiger partial charge < -0.3 is 0 Å². The van der Waals surface area contributed by atoms with E-state index >= 15 is 0 Å². The predicted molar refractivity (Wildman–Crippen MR) is 91.6 cm³/mol. The maximum Gasteiger partial charge on any atom is 0.234 e. The van der Waals surface area contributed by atoms with Gasteiger partial charge in [-0.25, -0.2) is 9.97 Å². The molecular weight excluding hydrogens is 338 g/mol. The Labute approximate surface area is 136 Å². The van der Waals surface area contributed by atoms with Crippen molar-refractivity contribution in [3.8, 4) is 22.4 Å². The fourth-order valence-corrected chi connectivity index (χ4v) is 2.75. The van der Waals surface area contributed by atoms with Gasteiger partial charge in [-0.2, -0.15) is 0 Å². The Morgan fingerprint density at radius 2 is 1.45 bits per heavy atom. The molecular formula is C18H12BrN3. The first kappa shape index (κ1) is 13.2. The lowest BCUT2D eigenvalue weighted by atomic mass is 10.1. The molecule has 0 radical (unpaired) electrons. The normalized spacial score (nSPS) is 11.0. The Kier molecular flexibility index (Phi) is 3.24. The summed E-state index contributed by atoms with van der Waals surface area (Å²) < 4.78 is 3.10. The van der Waals surface area contributed by atoms with Crippen LogP contribution in [0.3, 0.4) is 0 Å². The van der Waals surface area contributed by atoms with Crippen LogP contribution >= 0.6 is 15.9 Å². The molecule has 0 saturated carbocycles. The summed E-state index contributed by atoms with van der Waals surface area (Å²) in [5.74, 6) is 0.706. The van der Waals surface area contributed by atoms with Crippen LogP contribution in [0, 0.1) is 0 Å². The van der Waals surface area contributed by atoms with Gasteiger partial charge in [0.2, 0.25) is 5.78 Å². The van der Waals surface area contributed by atoms with Crippen LogP contribution in [0.2, 0.25) is 0 Å². The number of hydrogen-bond acceptors (Lipinski definition) is 2. The van der Waals surface area contributed by atoms with Crippen molar-refractivity contribution < 1.29 is 0 Å². The highest BCUT2D eigenvalue weighted by atomic mass is 79.9. The van der Waals surface area contributed by atoms with E-state index in [-0.39, 0.29) is 0 Å². The van der Waals surface area contributed by atoms with Crippen LogP contribution in [-0.2, 0) is 0 Å². The Morgan fingerprint density at radius 3 is 2.23 bits per heavy atom. The quantitative estimate of drug-likeness (QED) is 0.519. The first-order valence-corrected chi connectivity index (χ1v) is 7.75. The van der Waals surface area contributed by atoms with Crippen molar-refractivity contribution in [2.45, 2.75) is 0 Å². The zero-order valence-electron chi connectivity index (χ0n) is 11.6. The van der Waals surface area contributed by atoms with Gasteiger partial charge in [0.05, 0.1) is 11.9 Å². The fourth-order valence-electron chi connectivity index (χ4n) is 2.49. The van der Waals surface area contributed by atoms with Crippen molar-refractivity contribution in [2.24, 2.45) is 0 Å². The van der Waals surface area contributed by atoms with Crippen molar-refractivity contribution >= 4 is 21.7 Å². The van der Waals surface area contributed by atoms with Crippen molar-refractivity contribution in [1.29, 1.82) is 0 Å². The summed E-state index contributed by atoms with van der Waals surface area (Å²) >= 11 is 3.47. The van der Waals surface area contributed by atoms with Crippen LogP contribution in [0.4, 0.5) is 0 Å². The number of rotatable bonds is 2. The van der Waals surface area contributed by atoms with E-state index in [4.69, 9.17) is 0 Å². The molecule has 0 N–H and O–H groups in total. The van der Waals surface area contributed by atoms with Gasteiger partial charge in [-0.05, 0) is 17.7 Å². The first-order valence-electron chi connectivity index (χ1n) is 6.96. The molecule has 0 atom stereocenters. The summed E-state index contributed by atoms with van der Waals surface area (Å²) in [6.45, 7) is 0. The summed E-state index contributed by atoms with van der Waals surface area (Å²) in [5.41, 5.74) is 4.37. The van der Waals surface area contributed by atoms with Crippen molar-refractivity contribution in [1.82, 2.24) is 14.4 Å². The molecule has 2 aromatic heterocycles. The van der Waals surface area contributed by atoms with Gasteiger partial charge >= 0.3 is 0 Å². The van der Waals surface area contributed by atoms with E-state index in [2.05, 4.69) is 56.4 Å². The summed E-state index contributed by atoms with van der Waals surface area (Å²) in [5, 5.41) is 0. The minimum atomic E-state index is 0.706. The van der Waals surface area contributed by atoms with Crippen LogP contribution in [-0.4, -0.2) is 14.4 Å². The smallest absolute Gasteiger partial charge is 0.234 e. The highest BCUT2D eigenvalue weighted by Gasteiger charge is 2.08. The molecule has 22 heavy (non-hydrogen) atoms. The van der Waals surface area contributed by atoms with E-state index in [0.29, 0.717) is 5.78 Å². The number of imidazole rings is 1. The Balaban J connectivity index is 1.88. The fraction of sp³-hybridized carbons (Fsp3) is 0. The van der Waals surface area contributed by atoms with Gasteiger partial charge in [0, 0.05) is 28.0 Å². The van der Waals surface area contributed by atoms with Gasteiger partial charge in [0.1, 0.15) is 0 Å². The lowest BCUT2D eigenvalue weighted by Gasteiger charge is -2.05. The van der Waals surface area contributed by atoms with Gasteiger partial charge in [0.15, 0.2) is 0 Å². The monoisotopic (exact) mass is 349 g/mol. The molecule has 2 heterocycles. The Hall–Kier alpha value is -2.46. The lowest BCUT2D eigenvalue weighted by molar-refractivity contribution is 1.11. The second-order valence-electron chi connectivity index (χ2n) is 5.03. The lowest BCUT2D eigenvalue weighted by Crippen LogP contribution is -1.92. The van der Waals surface area contributed by atoms with Gasteiger partial charge in [-0.3, -0.25) is 4.40 Å². The maximum absolute atomic E-state index is 4.46. The number of halogens is 1. The molecule has 0 aliphatic carbocycles. The molecule has 2 aromatic carbocycles. The van der Waals surface area contributed by atoms with Crippen LogP contribution in [0.15, 0.2) is 77.7 Å². The SMILES string of the molecule is Brc1ccc(-c2cnc3ncc(-c4ccccc4)cn23)cc1. The minimum Gasteiger partial charge on any atom is -0.283 e. The number of nitrogens with zero attached hydrogens (tertiary/aromatic N) is 3. The number of hydrogen-bond donors (Lipinski definition) is 0. The number of benzene rings is 2. The van der Waals surface area contributed by atoms with Crippen molar-refractivity contribution in [3.05, 3.63) is 77.7 Å². The highest BCUT2D eigenvalue weighted by molar-refractivity contribution is 9.10. The Morgan fingerprint density at radius 1 is 0.727 bits per heavy atom. The van der Waals surface area contributed by atoms with Crippen LogP contribution in [0.25, 0.3) is 28.2 Å². The summed E-state index contributed by atoms with van der Waals surface area (Å²) in [6, 6.07) is 18.4. The number of fused-ring (bicyclic) bond motifs is 1. The molecule has 4 aromatic rings. The van der Waals surface area contributed by atoms with Crippen LogP contribution in [0.5, 0.6) is 0 Å². The summed E-state index contributed by atoms with van der Waals surface area (Å²) in [4.78, 5) is 8.86. The topological polar surface area (TPSA) is 30.2 Å². The molecule has 0 spiro atoms. The minimum absolute atomic E-state index is 0.706. The molecule has 0 saturated heterocycles. The summed E-state index contributed by atoms with van der Waals surface area (Å²) in [7, 11) is 0. The molecule has 0 bridgehead atoms. The molecule has 4 heteroatoms. The standard InChI is InChI=1S/C18H12BrN3/c19-16-8-6-14(7-9-16)17-11-21-18-20-10-15(12-22(17)18)13-4-2-1-3-5-13/h1-12H. The maximum atomic E-state index is 4.46. The second-order valence-corrected chi connectivity index (χ2v) is 5.94. The van der Waals surface area contributed by atoms with E-state index in [1.807, 2.05) is 47.1 Å². The zero-order valence-corrected chi connectivity index (χ0v) is 13.2. The van der Waals surface area contributed by atoms with Gasteiger partial charge in [-0.1, -0.05) is 58.4 Å². The summed E-state index contributed by atoms with van der Waals surface area (Å²) in [6.07, 6.45) is 5.81. The molecule has 106 valence electrons. The van der Waals surface area contributed by atoms with E-state index in [1.165, 1.54) is 0 Å². The van der Waals surface area contributed by atoms with Crippen LogP contribution in [0.1, 0.15) is 0 Å². The molecule has 0 amide bonds. The number of aromatic nitrogens is 3. The van der Waals surface area contributed by atoms with Crippen molar-refractivity contribution in [3.63, 3.8) is 0 Å². The van der Waals surface area contributed by atoms with Gasteiger partial charge in [0.25, 0.3) is 0 Å². The van der Waals surface area contributed by atoms with E-state index in [1.54, 1.807) is 0 Å². The van der Waals surface area contributed by atoms with Gasteiger partial charge in [-0.15, -0.1) is 0 Å². The molecule has 4 rings (SSSR count). The molecule has 0 aliphatic heterocycles. The molecule has 0 unspecified atom stereocenters. The second kappa shape index (κ2) is 5.39. The first-order chi connectivity index (χ1) is 10.8. The van der Waals surface area contributed by atoms with E-state index in [0.717, 1.165) is 26.9 Å². The predicted octanol–water partition coefficient (Wildman–Crippen LogP) is 4.83. The largest absolute Gasteiger partial charge is 0.283 e. The zero-order chi connectivity index (χ0) is 14.9.